The van der Waals surface area contributed by atoms with E-state index in [0.717, 1.165) is 4.90 Å². The van der Waals surface area contributed by atoms with Gasteiger partial charge < -0.3 is 28.4 Å². The summed E-state index contributed by atoms with van der Waals surface area (Å²) in [4.78, 5) is 31.8. The number of carbonyl (C=O) groups excluding carboxylic acids is 2. The first kappa shape index (κ1) is 33.1. The van der Waals surface area contributed by atoms with Crippen LogP contribution in [0, 0.1) is 11.3 Å². The Hall–Kier alpha value is -5.25. The van der Waals surface area contributed by atoms with Gasteiger partial charge in [-0.2, -0.15) is 18.4 Å². The highest BCUT2D eigenvalue weighted by Crippen LogP contribution is 2.44. The first-order valence-corrected chi connectivity index (χ1v) is 14.6. The molecule has 2 aromatic heterocycles. The topological polar surface area (TPSA) is 118 Å². The molecule has 2 amide bonds. The number of aromatic nitrogens is 1. The van der Waals surface area contributed by atoms with E-state index >= 15 is 0 Å². The number of nitriles is 1. The predicted octanol–water partition coefficient (Wildman–Crippen LogP) is 7.06. The maximum Gasteiger partial charge on any atom is 0.430 e. The van der Waals surface area contributed by atoms with Gasteiger partial charge in [0.25, 0.3) is 5.91 Å². The van der Waals surface area contributed by atoms with E-state index in [1.807, 2.05) is 6.07 Å². The lowest BCUT2D eigenvalue weighted by molar-refractivity contribution is -0.242. The van der Waals surface area contributed by atoms with Gasteiger partial charge in [-0.05, 0) is 62.7 Å². The van der Waals surface area contributed by atoms with E-state index in [0.29, 0.717) is 44.9 Å². The second kappa shape index (κ2) is 12.2. The zero-order chi connectivity index (χ0) is 34.3. The third kappa shape index (κ3) is 6.54. The van der Waals surface area contributed by atoms with Gasteiger partial charge >= 0.3 is 12.3 Å². The molecular formula is C34H33F3N4O6. The summed E-state index contributed by atoms with van der Waals surface area (Å²) in [5.74, 6) is 0.340. The van der Waals surface area contributed by atoms with Crippen molar-refractivity contribution >= 4 is 23.1 Å². The van der Waals surface area contributed by atoms with Crippen molar-refractivity contribution in [2.45, 2.75) is 44.6 Å². The quantitative estimate of drug-likeness (QED) is 0.218. The van der Waals surface area contributed by atoms with Crippen LogP contribution in [0.15, 0.2) is 59.1 Å². The summed E-state index contributed by atoms with van der Waals surface area (Å²) >= 11 is 0. The summed E-state index contributed by atoms with van der Waals surface area (Å²) in [7, 11) is 4.77. The Morgan fingerprint density at radius 1 is 1.04 bits per heavy atom. The molecule has 1 fully saturated rings. The van der Waals surface area contributed by atoms with E-state index in [-0.39, 0.29) is 23.8 Å². The van der Waals surface area contributed by atoms with Crippen LogP contribution in [0.3, 0.4) is 0 Å². The second-order valence-electron chi connectivity index (χ2n) is 12.4. The van der Waals surface area contributed by atoms with Crippen molar-refractivity contribution in [3.63, 3.8) is 0 Å². The smallest absolute Gasteiger partial charge is 0.430 e. The van der Waals surface area contributed by atoms with Crippen molar-refractivity contribution in [1.82, 2.24) is 14.8 Å². The number of nitrogens with zero attached hydrogens (tertiary/aromatic N) is 4. The van der Waals surface area contributed by atoms with Gasteiger partial charge in [-0.3, -0.25) is 9.78 Å². The number of hydrogen-bond acceptors (Lipinski definition) is 8. The standard InChI is InChI=1S/C34H33F3N4O6/c1-32(2,3)47-31(43)41-14-12-33(19-41,34(35,36)37)46-26-10-8-20(15-22(26)18-38)23-11-13-39-25-17-28(45-29(23)25)24-9-7-21(16-27(24)44-6)30(42)40(4)5/h7-11,13,15-17H,12,14,19H2,1-6H3. The molecule has 0 spiro atoms. The average Bonchev–Trinajstić information content (AvgIpc) is 3.65. The van der Waals surface area contributed by atoms with Crippen molar-refractivity contribution < 1.29 is 41.4 Å². The third-order valence-corrected chi connectivity index (χ3v) is 7.65. The normalized spacial score (nSPS) is 16.6. The number of rotatable bonds is 6. The summed E-state index contributed by atoms with van der Waals surface area (Å²) in [5.41, 5.74) is -0.899. The summed E-state index contributed by atoms with van der Waals surface area (Å²) in [5, 5.41) is 9.97. The number of hydrogen-bond donors (Lipinski definition) is 0. The van der Waals surface area contributed by atoms with Gasteiger partial charge in [-0.1, -0.05) is 6.07 Å². The Morgan fingerprint density at radius 2 is 1.79 bits per heavy atom. The molecule has 0 saturated carbocycles. The first-order valence-electron chi connectivity index (χ1n) is 14.6. The zero-order valence-corrected chi connectivity index (χ0v) is 26.7. The van der Waals surface area contributed by atoms with Crippen LogP contribution in [-0.4, -0.2) is 78.5 Å². The monoisotopic (exact) mass is 650 g/mol. The fourth-order valence-corrected chi connectivity index (χ4v) is 5.31. The van der Waals surface area contributed by atoms with Crippen molar-refractivity contribution in [3.05, 3.63) is 65.9 Å². The number of alkyl halides is 3. The van der Waals surface area contributed by atoms with E-state index in [4.69, 9.17) is 18.6 Å². The number of carbonyl (C=O) groups is 2. The number of fused-ring (bicyclic) bond motifs is 1. The van der Waals surface area contributed by atoms with Gasteiger partial charge in [0.05, 0.1) is 24.8 Å². The van der Waals surface area contributed by atoms with Crippen LogP contribution in [0.5, 0.6) is 11.5 Å². The lowest BCUT2D eigenvalue weighted by Crippen LogP contribution is -2.53. The lowest BCUT2D eigenvalue weighted by atomic mass is 10.0. The number of ether oxygens (including phenoxy) is 3. The molecule has 2 aromatic carbocycles. The molecule has 1 saturated heterocycles. The highest BCUT2D eigenvalue weighted by Gasteiger charge is 2.62. The highest BCUT2D eigenvalue weighted by atomic mass is 19.4. The molecule has 0 aliphatic carbocycles. The van der Waals surface area contributed by atoms with E-state index in [2.05, 4.69) is 4.98 Å². The van der Waals surface area contributed by atoms with Crippen molar-refractivity contribution in [1.29, 1.82) is 5.26 Å². The summed E-state index contributed by atoms with van der Waals surface area (Å²) in [6.07, 6.45) is -4.71. The molecule has 10 nitrogen and oxygen atoms in total. The Balaban J connectivity index is 1.48. The number of amides is 2. The SMILES string of the molecule is COc1cc(C(=O)N(C)C)ccc1-c1cc2nccc(-c3ccc(OC4(C(F)(F)F)CCN(C(=O)OC(C)(C)C)C4)c(C#N)c3)c2o1. The molecule has 0 bridgehead atoms. The molecule has 0 radical (unpaired) electrons. The summed E-state index contributed by atoms with van der Waals surface area (Å²) in [6, 6.07) is 14.5. The first-order chi connectivity index (χ1) is 22.1. The number of pyridine rings is 1. The van der Waals surface area contributed by atoms with Crippen LogP contribution in [0.1, 0.15) is 43.1 Å². The molecule has 3 heterocycles. The van der Waals surface area contributed by atoms with Crippen LogP contribution < -0.4 is 9.47 Å². The Morgan fingerprint density at radius 3 is 2.43 bits per heavy atom. The number of methoxy groups -OCH3 is 1. The van der Waals surface area contributed by atoms with E-state index < -0.39 is 36.4 Å². The van der Waals surface area contributed by atoms with Crippen molar-refractivity contribution in [2.75, 3.05) is 34.3 Å². The lowest BCUT2D eigenvalue weighted by Gasteiger charge is -2.33. The van der Waals surface area contributed by atoms with Gasteiger partial charge in [0.1, 0.15) is 34.4 Å². The Kier molecular flexibility index (Phi) is 8.57. The fraction of sp³-hybridized carbons (Fsp3) is 0.353. The van der Waals surface area contributed by atoms with Crippen LogP contribution in [0.4, 0.5) is 18.0 Å². The molecule has 1 aliphatic heterocycles. The van der Waals surface area contributed by atoms with E-state index in [1.54, 1.807) is 71.4 Å². The highest BCUT2D eigenvalue weighted by molar-refractivity contribution is 5.96. The van der Waals surface area contributed by atoms with E-state index in [1.165, 1.54) is 30.2 Å². The summed E-state index contributed by atoms with van der Waals surface area (Å²) < 4.78 is 66.1. The maximum atomic E-state index is 14.5. The Labute approximate surface area is 269 Å². The average molecular weight is 651 g/mol. The van der Waals surface area contributed by atoms with Gasteiger partial charge in [0.2, 0.25) is 5.60 Å². The molecular weight excluding hydrogens is 617 g/mol. The molecule has 13 heteroatoms. The van der Waals surface area contributed by atoms with Crippen LogP contribution in [0.2, 0.25) is 0 Å². The predicted molar refractivity (Wildman–Crippen MR) is 166 cm³/mol. The molecule has 5 rings (SSSR count). The molecule has 1 atom stereocenters. The minimum atomic E-state index is -4.85. The number of furan rings is 1. The van der Waals surface area contributed by atoms with Gasteiger partial charge in [-0.15, -0.1) is 0 Å². The molecule has 1 unspecified atom stereocenters. The molecule has 4 aromatic rings. The summed E-state index contributed by atoms with van der Waals surface area (Å²) in [6.45, 7) is 3.85. The molecule has 1 aliphatic rings. The number of likely N-dealkylation sites (tertiary alicyclic amines) is 1. The Bertz CT molecular complexity index is 1890. The van der Waals surface area contributed by atoms with E-state index in [9.17, 15) is 28.0 Å². The van der Waals surface area contributed by atoms with Crippen molar-refractivity contribution in [2.24, 2.45) is 0 Å². The largest absolute Gasteiger partial charge is 0.496 e. The third-order valence-electron chi connectivity index (χ3n) is 7.65. The zero-order valence-electron chi connectivity index (χ0n) is 26.7. The minimum absolute atomic E-state index is 0.138. The van der Waals surface area contributed by atoms with Gasteiger partial charge in [0, 0.05) is 50.5 Å². The number of halogens is 3. The minimum Gasteiger partial charge on any atom is -0.496 e. The second-order valence-corrected chi connectivity index (χ2v) is 12.4. The van der Waals surface area contributed by atoms with Gasteiger partial charge in [0.15, 0.2) is 5.58 Å². The molecule has 246 valence electrons. The fourth-order valence-electron chi connectivity index (χ4n) is 5.31. The molecule has 47 heavy (non-hydrogen) atoms. The maximum absolute atomic E-state index is 14.5. The number of benzene rings is 2. The van der Waals surface area contributed by atoms with Crippen LogP contribution >= 0.6 is 0 Å². The van der Waals surface area contributed by atoms with Crippen molar-refractivity contribution in [3.8, 4) is 40.0 Å². The van der Waals surface area contributed by atoms with Crippen LogP contribution in [-0.2, 0) is 4.74 Å². The molecule has 0 N–H and O–H groups in total. The van der Waals surface area contributed by atoms with Gasteiger partial charge in [-0.25, -0.2) is 4.79 Å². The van der Waals surface area contributed by atoms with Crippen LogP contribution in [0.25, 0.3) is 33.6 Å².